The van der Waals surface area contributed by atoms with Gasteiger partial charge >= 0.3 is 6.36 Å². The fourth-order valence-electron chi connectivity index (χ4n) is 2.69. The van der Waals surface area contributed by atoms with E-state index in [1.165, 1.54) is 48.5 Å². The third-order valence-corrected chi connectivity index (χ3v) is 6.83. The highest BCUT2D eigenvalue weighted by Crippen LogP contribution is 2.31. The van der Waals surface area contributed by atoms with Crippen molar-refractivity contribution in [2.45, 2.75) is 30.0 Å². The number of sulfonamides is 2. The van der Waals surface area contributed by atoms with E-state index in [0.29, 0.717) is 11.1 Å². The second kappa shape index (κ2) is 10.6. The van der Waals surface area contributed by atoms with Crippen molar-refractivity contribution >= 4 is 37.3 Å². The first kappa shape index (κ1) is 27.4. The zero-order valence-corrected chi connectivity index (χ0v) is 20.2. The molecule has 184 valence electrons. The van der Waals surface area contributed by atoms with Crippen molar-refractivity contribution in [3.05, 3.63) is 71.8 Å². The molecule has 0 aliphatic heterocycles. The number of ether oxygens (including phenoxy) is 1. The van der Waals surface area contributed by atoms with Crippen LogP contribution in [0.2, 0.25) is 5.02 Å². The van der Waals surface area contributed by atoms with Crippen LogP contribution in [0.5, 0.6) is 5.75 Å². The fraction of sp³-hybridized carbons (Fsp3) is 0.143. The molecule has 0 saturated carbocycles. The molecule has 0 atom stereocenters. The van der Waals surface area contributed by atoms with Gasteiger partial charge in [0.05, 0.1) is 15.6 Å². The van der Waals surface area contributed by atoms with Crippen molar-refractivity contribution in [3.8, 4) is 16.9 Å². The molecule has 0 aliphatic carbocycles. The number of hydrogen-bond acceptors (Lipinski definition) is 5. The Kier molecular flexibility index (Phi) is 8.59. The van der Waals surface area contributed by atoms with Crippen LogP contribution in [0.1, 0.15) is 13.8 Å². The van der Waals surface area contributed by atoms with Gasteiger partial charge in [-0.3, -0.25) is 4.72 Å². The summed E-state index contributed by atoms with van der Waals surface area (Å²) in [7, 11) is -8.23. The normalized spacial score (nSPS) is 11.9. The topological polar surface area (TPSA) is 116 Å². The number of nitrogens with one attached hydrogen (secondary N) is 1. The molecule has 0 aliphatic rings. The smallest absolute Gasteiger partial charge is 0.406 e. The number of hydrogen-bond donors (Lipinski definition) is 2. The summed E-state index contributed by atoms with van der Waals surface area (Å²) in [4.78, 5) is -0.571. The maximum atomic E-state index is 12.7. The Morgan fingerprint density at radius 1 is 0.882 bits per heavy atom. The summed E-state index contributed by atoms with van der Waals surface area (Å²) in [6.45, 7) is 4.00. The maximum absolute atomic E-state index is 12.7. The largest absolute Gasteiger partial charge is 0.573 e. The van der Waals surface area contributed by atoms with E-state index in [-0.39, 0.29) is 20.5 Å². The Morgan fingerprint density at radius 2 is 1.47 bits per heavy atom. The van der Waals surface area contributed by atoms with Gasteiger partial charge in [-0.25, -0.2) is 22.0 Å². The maximum Gasteiger partial charge on any atom is 0.573 e. The minimum absolute atomic E-state index is 0.0445. The Bertz CT molecular complexity index is 1360. The predicted octanol–water partition coefficient (Wildman–Crippen LogP) is 5.38. The summed E-state index contributed by atoms with van der Waals surface area (Å²) in [5.74, 6) is -0.405. The van der Waals surface area contributed by atoms with Gasteiger partial charge in [0, 0.05) is 0 Å². The lowest BCUT2D eigenvalue weighted by Gasteiger charge is -2.12. The van der Waals surface area contributed by atoms with Crippen molar-refractivity contribution in [1.82, 2.24) is 0 Å². The van der Waals surface area contributed by atoms with Crippen LogP contribution >= 0.6 is 11.6 Å². The third kappa shape index (κ3) is 7.35. The molecule has 34 heavy (non-hydrogen) atoms. The van der Waals surface area contributed by atoms with E-state index in [4.69, 9.17) is 16.7 Å². The van der Waals surface area contributed by atoms with Crippen molar-refractivity contribution < 1.29 is 34.7 Å². The van der Waals surface area contributed by atoms with Crippen molar-refractivity contribution in [1.29, 1.82) is 0 Å². The SMILES string of the molecule is CC.NS(=O)(=O)c1cccc(NS(=O)(=O)c2ccc(-c3ccc(OC(F)(F)F)cc3)cc2Cl)c1. The lowest BCUT2D eigenvalue weighted by molar-refractivity contribution is -0.274. The Balaban J connectivity index is 0.00000199. The molecule has 0 bridgehead atoms. The summed E-state index contributed by atoms with van der Waals surface area (Å²) < 4.78 is 91.2. The first-order valence-corrected chi connectivity index (χ1v) is 13.0. The quantitative estimate of drug-likeness (QED) is 0.439. The van der Waals surface area contributed by atoms with Crippen LogP contribution in [0, 0.1) is 0 Å². The summed E-state index contributed by atoms with van der Waals surface area (Å²) in [5, 5.41) is 4.89. The van der Waals surface area contributed by atoms with Gasteiger partial charge in [-0.15, -0.1) is 13.2 Å². The van der Waals surface area contributed by atoms with E-state index >= 15 is 0 Å². The molecular formula is C21H20ClF3N2O5S2. The molecule has 0 aromatic heterocycles. The average Bonchev–Trinajstić information content (AvgIpc) is 2.73. The molecule has 0 spiro atoms. The number of rotatable bonds is 6. The van der Waals surface area contributed by atoms with Crippen molar-refractivity contribution in [2.24, 2.45) is 5.14 Å². The van der Waals surface area contributed by atoms with E-state index in [0.717, 1.165) is 18.2 Å². The molecule has 0 heterocycles. The number of halogens is 4. The summed E-state index contributed by atoms with van der Waals surface area (Å²) in [6, 6.07) is 13.8. The highest BCUT2D eigenvalue weighted by atomic mass is 35.5. The van der Waals surface area contributed by atoms with E-state index < -0.39 is 32.2 Å². The molecule has 7 nitrogen and oxygen atoms in total. The Morgan fingerprint density at radius 3 is 2.00 bits per heavy atom. The lowest BCUT2D eigenvalue weighted by Crippen LogP contribution is -2.16. The number of primary sulfonamides is 1. The Labute approximate surface area is 200 Å². The second-order valence-electron chi connectivity index (χ2n) is 6.40. The second-order valence-corrected chi connectivity index (χ2v) is 10.0. The highest BCUT2D eigenvalue weighted by molar-refractivity contribution is 7.92. The molecule has 3 aromatic rings. The molecule has 0 radical (unpaired) electrons. The van der Waals surface area contributed by atoms with Gasteiger partial charge in [-0.2, -0.15) is 0 Å². The summed E-state index contributed by atoms with van der Waals surface area (Å²) in [5.41, 5.74) is 0.875. The Hall–Kier alpha value is -2.80. The lowest BCUT2D eigenvalue weighted by atomic mass is 10.1. The monoisotopic (exact) mass is 536 g/mol. The molecule has 3 aromatic carbocycles. The molecule has 3 N–H and O–H groups in total. The first-order chi connectivity index (χ1) is 15.7. The van der Waals surface area contributed by atoms with Crippen LogP contribution in [0.4, 0.5) is 18.9 Å². The predicted molar refractivity (Wildman–Crippen MR) is 124 cm³/mol. The minimum Gasteiger partial charge on any atom is -0.406 e. The van der Waals surface area contributed by atoms with Crippen LogP contribution in [0.25, 0.3) is 11.1 Å². The van der Waals surface area contributed by atoms with Gasteiger partial charge in [0.1, 0.15) is 10.6 Å². The van der Waals surface area contributed by atoms with Crippen LogP contribution < -0.4 is 14.6 Å². The summed E-state index contributed by atoms with van der Waals surface area (Å²) >= 11 is 6.14. The van der Waals surface area contributed by atoms with Crippen molar-refractivity contribution in [2.75, 3.05) is 4.72 Å². The number of nitrogens with two attached hydrogens (primary N) is 1. The zero-order chi connectivity index (χ0) is 25.7. The first-order valence-electron chi connectivity index (χ1n) is 9.56. The molecule has 3 rings (SSSR count). The number of anilines is 1. The van der Waals surface area contributed by atoms with E-state index in [9.17, 15) is 30.0 Å². The zero-order valence-electron chi connectivity index (χ0n) is 17.8. The van der Waals surface area contributed by atoms with Crippen molar-refractivity contribution in [3.63, 3.8) is 0 Å². The van der Waals surface area contributed by atoms with Gasteiger partial charge in [-0.1, -0.05) is 49.7 Å². The molecular weight excluding hydrogens is 517 g/mol. The third-order valence-electron chi connectivity index (χ3n) is 4.06. The van der Waals surface area contributed by atoms with Crippen LogP contribution in [-0.2, 0) is 20.0 Å². The molecule has 13 heteroatoms. The fourth-order valence-corrected chi connectivity index (χ4v) is 4.85. The number of alkyl halides is 3. The standard InChI is InChI=1S/C19H14ClF3N2O5S2.C2H6/c20-17-10-13(12-4-7-15(8-5-12)30-19(21,22)23)6-9-18(17)32(28,29)25-14-2-1-3-16(11-14)31(24,26)27;1-2/h1-11,25H,(H2,24,26,27);1-2H3. The van der Waals surface area contributed by atoms with Crippen LogP contribution in [0.3, 0.4) is 0 Å². The summed E-state index contributed by atoms with van der Waals surface area (Å²) in [6.07, 6.45) is -4.82. The minimum atomic E-state index is -4.82. The average molecular weight is 537 g/mol. The molecule has 0 saturated heterocycles. The molecule has 0 amide bonds. The van der Waals surface area contributed by atoms with Gasteiger partial charge in [0.2, 0.25) is 10.0 Å². The molecule has 0 fully saturated rings. The highest BCUT2D eigenvalue weighted by Gasteiger charge is 2.31. The number of benzene rings is 3. The van der Waals surface area contributed by atoms with E-state index in [2.05, 4.69) is 9.46 Å². The van der Waals surface area contributed by atoms with Gasteiger partial charge < -0.3 is 4.74 Å². The van der Waals surface area contributed by atoms with Gasteiger partial charge in [0.25, 0.3) is 10.0 Å². The van der Waals surface area contributed by atoms with E-state index in [1.807, 2.05) is 13.8 Å². The van der Waals surface area contributed by atoms with Crippen LogP contribution in [0.15, 0.2) is 76.5 Å². The van der Waals surface area contributed by atoms with Gasteiger partial charge in [0.15, 0.2) is 0 Å². The van der Waals surface area contributed by atoms with Gasteiger partial charge in [-0.05, 0) is 53.6 Å². The molecule has 0 unspecified atom stereocenters. The van der Waals surface area contributed by atoms with Crippen LogP contribution in [-0.4, -0.2) is 23.2 Å². The van der Waals surface area contributed by atoms with E-state index in [1.54, 1.807) is 0 Å².